The van der Waals surface area contributed by atoms with E-state index in [0.29, 0.717) is 12.0 Å². The quantitative estimate of drug-likeness (QED) is 0.778. The fourth-order valence-corrected chi connectivity index (χ4v) is 3.66. The van der Waals surface area contributed by atoms with Gasteiger partial charge in [0.05, 0.1) is 11.2 Å². The average molecular weight is 253 g/mol. The highest BCUT2D eigenvalue weighted by Crippen LogP contribution is 2.46. The number of nitrogens with one attached hydrogen (secondary N) is 1. The van der Waals surface area contributed by atoms with E-state index < -0.39 is 0 Å². The monoisotopic (exact) mass is 253 g/mol. The van der Waals surface area contributed by atoms with E-state index in [-0.39, 0.29) is 11.2 Å². The molecule has 2 unspecified atom stereocenters. The normalized spacial score (nSPS) is 31.5. The Labute approximate surface area is 113 Å². The zero-order chi connectivity index (χ0) is 13.4. The maximum Gasteiger partial charge on any atom is 0.0677 e. The number of hydrogen-bond acceptors (Lipinski definition) is 2. The molecule has 1 N–H and O–H groups in total. The molecule has 0 amide bonds. The molecule has 2 aliphatic rings. The molecule has 1 aliphatic heterocycles. The second kappa shape index (κ2) is 5.13. The Balaban J connectivity index is 2.03. The van der Waals surface area contributed by atoms with Crippen molar-refractivity contribution >= 4 is 0 Å². The summed E-state index contributed by atoms with van der Waals surface area (Å²) in [4.78, 5) is 0. The predicted molar refractivity (Wildman–Crippen MR) is 76.8 cm³/mol. The molecule has 0 radical (unpaired) electrons. The molecule has 0 bridgehead atoms. The van der Waals surface area contributed by atoms with Crippen molar-refractivity contribution in [2.45, 2.75) is 84.0 Å². The summed E-state index contributed by atoms with van der Waals surface area (Å²) in [6, 6.07) is 0.647. The molecular formula is C16H31NO. The summed E-state index contributed by atoms with van der Waals surface area (Å²) in [5, 5.41) is 3.80. The van der Waals surface area contributed by atoms with E-state index >= 15 is 0 Å². The van der Waals surface area contributed by atoms with Crippen LogP contribution in [0, 0.1) is 11.8 Å². The highest BCUT2D eigenvalue weighted by molar-refractivity contribution is 5.00. The molecule has 1 heterocycles. The minimum absolute atomic E-state index is 0.0177. The Hall–Kier alpha value is -0.0800. The SMILES string of the molecule is CCCNC(CC1CC1)C1CC(C)(C)OC1(C)C. The van der Waals surface area contributed by atoms with Crippen LogP contribution in [0.5, 0.6) is 0 Å². The van der Waals surface area contributed by atoms with Crippen LogP contribution >= 0.6 is 0 Å². The van der Waals surface area contributed by atoms with Crippen LogP contribution in [-0.4, -0.2) is 23.8 Å². The first-order valence-electron chi connectivity index (χ1n) is 7.77. The summed E-state index contributed by atoms with van der Waals surface area (Å²) >= 11 is 0. The highest BCUT2D eigenvalue weighted by atomic mass is 16.5. The third-order valence-electron chi connectivity index (χ3n) is 4.57. The van der Waals surface area contributed by atoms with Crippen molar-refractivity contribution in [2.75, 3.05) is 6.54 Å². The predicted octanol–water partition coefficient (Wildman–Crippen LogP) is 3.75. The van der Waals surface area contributed by atoms with Crippen molar-refractivity contribution in [1.29, 1.82) is 0 Å². The standard InChI is InChI=1S/C16H31NO/c1-6-9-17-14(10-12-7-8-12)13-11-15(2,3)18-16(13,4)5/h12-14,17H,6-11H2,1-5H3. The van der Waals surface area contributed by atoms with Gasteiger partial charge in [0.15, 0.2) is 0 Å². The van der Waals surface area contributed by atoms with Crippen LogP contribution in [0.4, 0.5) is 0 Å². The van der Waals surface area contributed by atoms with Gasteiger partial charge in [0, 0.05) is 12.0 Å². The molecule has 0 aromatic rings. The zero-order valence-electron chi connectivity index (χ0n) is 12.9. The van der Waals surface area contributed by atoms with E-state index in [1.165, 1.54) is 32.1 Å². The lowest BCUT2D eigenvalue weighted by atomic mass is 9.79. The van der Waals surface area contributed by atoms with Gasteiger partial charge in [-0.3, -0.25) is 0 Å². The molecular weight excluding hydrogens is 222 g/mol. The van der Waals surface area contributed by atoms with Gasteiger partial charge in [0.25, 0.3) is 0 Å². The molecule has 1 saturated carbocycles. The average Bonchev–Trinajstić information content (AvgIpc) is 2.99. The summed E-state index contributed by atoms with van der Waals surface area (Å²) in [7, 11) is 0. The van der Waals surface area contributed by atoms with Crippen molar-refractivity contribution in [1.82, 2.24) is 5.32 Å². The molecule has 2 rings (SSSR count). The number of hydrogen-bond donors (Lipinski definition) is 1. The molecule has 0 aromatic carbocycles. The first kappa shape index (κ1) is 14.3. The van der Waals surface area contributed by atoms with Crippen LogP contribution in [-0.2, 0) is 4.74 Å². The van der Waals surface area contributed by atoms with E-state index in [0.717, 1.165) is 12.5 Å². The van der Waals surface area contributed by atoms with Crippen LogP contribution in [0.25, 0.3) is 0 Å². The number of ether oxygens (including phenoxy) is 1. The van der Waals surface area contributed by atoms with Gasteiger partial charge in [-0.2, -0.15) is 0 Å². The van der Waals surface area contributed by atoms with Crippen LogP contribution in [0.2, 0.25) is 0 Å². The molecule has 2 heteroatoms. The topological polar surface area (TPSA) is 21.3 Å². The maximum absolute atomic E-state index is 6.27. The first-order chi connectivity index (χ1) is 8.34. The molecule has 1 saturated heterocycles. The van der Waals surface area contributed by atoms with Gasteiger partial charge in [-0.1, -0.05) is 19.8 Å². The van der Waals surface area contributed by atoms with E-state index in [1.807, 2.05) is 0 Å². The molecule has 0 spiro atoms. The first-order valence-corrected chi connectivity index (χ1v) is 7.77. The molecule has 18 heavy (non-hydrogen) atoms. The van der Waals surface area contributed by atoms with Gasteiger partial charge in [-0.05, 0) is 59.4 Å². The highest BCUT2D eigenvalue weighted by Gasteiger charge is 2.49. The lowest BCUT2D eigenvalue weighted by Gasteiger charge is -2.34. The van der Waals surface area contributed by atoms with Gasteiger partial charge in [0.2, 0.25) is 0 Å². The van der Waals surface area contributed by atoms with E-state index in [1.54, 1.807) is 0 Å². The van der Waals surface area contributed by atoms with E-state index in [9.17, 15) is 0 Å². The summed E-state index contributed by atoms with van der Waals surface area (Å²) in [5.74, 6) is 1.64. The van der Waals surface area contributed by atoms with E-state index in [2.05, 4.69) is 39.9 Å². The van der Waals surface area contributed by atoms with Crippen molar-refractivity contribution in [3.63, 3.8) is 0 Å². The minimum atomic E-state index is 0.0177. The smallest absolute Gasteiger partial charge is 0.0677 e. The molecule has 2 atom stereocenters. The molecule has 2 nitrogen and oxygen atoms in total. The van der Waals surface area contributed by atoms with Gasteiger partial charge in [0.1, 0.15) is 0 Å². The third kappa shape index (κ3) is 3.48. The molecule has 0 aromatic heterocycles. The Bertz CT molecular complexity index is 281. The zero-order valence-corrected chi connectivity index (χ0v) is 12.9. The van der Waals surface area contributed by atoms with Crippen LogP contribution in [0.1, 0.15) is 66.7 Å². The van der Waals surface area contributed by atoms with Gasteiger partial charge in [-0.15, -0.1) is 0 Å². The van der Waals surface area contributed by atoms with Gasteiger partial charge in [-0.25, -0.2) is 0 Å². The minimum Gasteiger partial charge on any atom is -0.369 e. The summed E-state index contributed by atoms with van der Waals surface area (Å²) in [6.45, 7) is 12.4. The van der Waals surface area contributed by atoms with Gasteiger partial charge >= 0.3 is 0 Å². The lowest BCUT2D eigenvalue weighted by Crippen LogP contribution is -2.44. The van der Waals surface area contributed by atoms with Crippen LogP contribution in [0.3, 0.4) is 0 Å². The third-order valence-corrected chi connectivity index (χ3v) is 4.57. The fraction of sp³-hybridized carbons (Fsp3) is 1.00. The molecule has 1 aliphatic carbocycles. The van der Waals surface area contributed by atoms with Crippen molar-refractivity contribution in [3.05, 3.63) is 0 Å². The van der Waals surface area contributed by atoms with E-state index in [4.69, 9.17) is 4.74 Å². The fourth-order valence-electron chi connectivity index (χ4n) is 3.66. The van der Waals surface area contributed by atoms with Crippen LogP contribution in [0.15, 0.2) is 0 Å². The number of rotatable bonds is 6. The van der Waals surface area contributed by atoms with Crippen molar-refractivity contribution in [2.24, 2.45) is 11.8 Å². The van der Waals surface area contributed by atoms with Gasteiger partial charge < -0.3 is 10.1 Å². The largest absolute Gasteiger partial charge is 0.369 e. The summed E-state index contributed by atoms with van der Waals surface area (Å²) < 4.78 is 6.27. The second-order valence-electron chi connectivity index (χ2n) is 7.52. The summed E-state index contributed by atoms with van der Waals surface area (Å²) in [5.41, 5.74) is 0.0632. The maximum atomic E-state index is 6.27. The van der Waals surface area contributed by atoms with Crippen molar-refractivity contribution < 1.29 is 4.74 Å². The summed E-state index contributed by atoms with van der Waals surface area (Å²) in [6.07, 6.45) is 6.66. The Morgan fingerprint density at radius 2 is 1.89 bits per heavy atom. The Morgan fingerprint density at radius 1 is 1.22 bits per heavy atom. The Kier molecular flexibility index (Phi) is 4.08. The lowest BCUT2D eigenvalue weighted by molar-refractivity contribution is -0.0780. The van der Waals surface area contributed by atoms with Crippen LogP contribution < -0.4 is 5.32 Å². The Morgan fingerprint density at radius 3 is 2.33 bits per heavy atom. The van der Waals surface area contributed by atoms with Crippen molar-refractivity contribution in [3.8, 4) is 0 Å². The molecule has 2 fully saturated rings. The molecule has 106 valence electrons. The second-order valence-corrected chi connectivity index (χ2v) is 7.52.